The summed E-state index contributed by atoms with van der Waals surface area (Å²) in [7, 11) is 3.49. The quantitative estimate of drug-likeness (QED) is 0.182. The van der Waals surface area contributed by atoms with Crippen LogP contribution in [0.4, 0.5) is 0 Å². The summed E-state index contributed by atoms with van der Waals surface area (Å²) in [6, 6.07) is -2.11. The molecule has 0 spiro atoms. The number of aliphatic hydroxyl groups excluding tert-OH is 2. The lowest BCUT2D eigenvalue weighted by molar-refractivity contribution is -0.307. The topological polar surface area (TPSA) is 200 Å². The molecule has 0 aromatic rings. The van der Waals surface area contributed by atoms with Gasteiger partial charge in [-0.2, -0.15) is 0 Å². The fraction of sp³-hybridized carbons (Fsp3) is 1.00. The fourth-order valence-corrected chi connectivity index (χ4v) is 5.04. The molecule has 0 bridgehead atoms. The van der Waals surface area contributed by atoms with Crippen LogP contribution < -0.4 is 27.8 Å². The van der Waals surface area contributed by atoms with E-state index in [1.54, 1.807) is 14.0 Å². The highest BCUT2D eigenvalue weighted by Gasteiger charge is 2.50. The Bertz CT molecular complexity index is 632. The summed E-state index contributed by atoms with van der Waals surface area (Å²) < 4.78 is 23.7. The molecule has 13 atom stereocenters. The van der Waals surface area contributed by atoms with E-state index in [0.29, 0.717) is 12.8 Å². The van der Waals surface area contributed by atoms with Gasteiger partial charge in [-0.3, -0.25) is 0 Å². The first-order chi connectivity index (χ1) is 15.5. The summed E-state index contributed by atoms with van der Waals surface area (Å²) in [6.07, 6.45) is -4.22. The van der Waals surface area contributed by atoms with Crippen LogP contribution in [0.25, 0.3) is 0 Å². The molecule has 194 valence electrons. The van der Waals surface area contributed by atoms with Crippen molar-refractivity contribution in [3.63, 3.8) is 0 Å². The van der Waals surface area contributed by atoms with Crippen molar-refractivity contribution in [3.8, 4) is 0 Å². The van der Waals surface area contributed by atoms with E-state index in [1.807, 2.05) is 14.0 Å². The Morgan fingerprint density at radius 2 is 1.58 bits per heavy atom. The number of likely N-dealkylation sites (N-methyl/N-ethyl adjacent to an activating group) is 2. The maximum atomic E-state index is 11.1. The van der Waals surface area contributed by atoms with Crippen LogP contribution in [0.1, 0.15) is 33.1 Å². The number of aliphatic hydroxyl groups is 3. The third kappa shape index (κ3) is 5.85. The van der Waals surface area contributed by atoms with E-state index in [0.717, 1.165) is 6.42 Å². The molecule has 11 N–H and O–H groups in total. The van der Waals surface area contributed by atoms with Gasteiger partial charge in [0.05, 0.1) is 24.8 Å². The molecule has 12 nitrogen and oxygen atoms in total. The largest absolute Gasteiger partial charge is 0.388 e. The Kier molecular flexibility index (Phi) is 9.09. The van der Waals surface area contributed by atoms with Crippen LogP contribution in [0, 0.1) is 0 Å². The zero-order valence-electron chi connectivity index (χ0n) is 20.0. The molecule has 2 heterocycles. The molecule has 0 amide bonds. The molecule has 12 heteroatoms. The van der Waals surface area contributed by atoms with E-state index in [2.05, 4.69) is 10.6 Å². The molecular formula is C21H43N5O7. The monoisotopic (exact) mass is 477 g/mol. The zero-order valence-corrected chi connectivity index (χ0v) is 20.0. The molecule has 3 rings (SSSR count). The molecule has 0 radical (unpaired) electrons. The molecule has 2 saturated heterocycles. The summed E-state index contributed by atoms with van der Waals surface area (Å²) in [5.74, 6) is 0. The van der Waals surface area contributed by atoms with Gasteiger partial charge in [-0.1, -0.05) is 0 Å². The Hall–Kier alpha value is -0.480. The second kappa shape index (κ2) is 11.1. The van der Waals surface area contributed by atoms with Gasteiger partial charge < -0.3 is 62.1 Å². The first kappa shape index (κ1) is 27.1. The van der Waals surface area contributed by atoms with Gasteiger partial charge in [0, 0.05) is 18.1 Å². The lowest BCUT2D eigenvalue weighted by Gasteiger charge is -2.48. The Morgan fingerprint density at radius 3 is 2.15 bits per heavy atom. The second-order valence-corrected chi connectivity index (χ2v) is 9.91. The Labute approximate surface area is 195 Å². The molecule has 3 aliphatic rings. The minimum absolute atomic E-state index is 0.0620. The highest BCUT2D eigenvalue weighted by molar-refractivity contribution is 5.02. The van der Waals surface area contributed by atoms with Crippen molar-refractivity contribution >= 4 is 0 Å². The van der Waals surface area contributed by atoms with Crippen molar-refractivity contribution in [2.75, 3.05) is 20.7 Å². The predicted molar refractivity (Wildman–Crippen MR) is 120 cm³/mol. The average molecular weight is 478 g/mol. The van der Waals surface area contributed by atoms with Crippen LogP contribution >= 0.6 is 0 Å². The fourth-order valence-electron chi connectivity index (χ4n) is 5.04. The van der Waals surface area contributed by atoms with Gasteiger partial charge >= 0.3 is 0 Å². The Balaban J connectivity index is 1.68. The summed E-state index contributed by atoms with van der Waals surface area (Å²) in [5.41, 5.74) is 17.5. The Morgan fingerprint density at radius 1 is 0.970 bits per heavy atom. The normalized spacial score (nSPS) is 50.2. The van der Waals surface area contributed by atoms with Gasteiger partial charge in [-0.05, 0) is 47.2 Å². The maximum absolute atomic E-state index is 11.1. The maximum Gasteiger partial charge on any atom is 0.185 e. The first-order valence-electron chi connectivity index (χ1n) is 11.8. The number of hydrogen-bond acceptors (Lipinski definition) is 12. The molecule has 1 saturated carbocycles. The van der Waals surface area contributed by atoms with E-state index < -0.39 is 60.7 Å². The van der Waals surface area contributed by atoms with Crippen LogP contribution in [0.2, 0.25) is 0 Å². The van der Waals surface area contributed by atoms with E-state index in [9.17, 15) is 15.3 Å². The van der Waals surface area contributed by atoms with Gasteiger partial charge in [-0.25, -0.2) is 0 Å². The summed E-state index contributed by atoms with van der Waals surface area (Å²) in [4.78, 5) is 0. The first-order valence-corrected chi connectivity index (χ1v) is 11.8. The number of nitrogens with one attached hydrogen (secondary N) is 2. The molecule has 2 aliphatic heterocycles. The number of hydrogen-bond donors (Lipinski definition) is 8. The highest BCUT2D eigenvalue weighted by atomic mass is 16.7. The van der Waals surface area contributed by atoms with Crippen LogP contribution in [-0.4, -0.2) is 115 Å². The summed E-state index contributed by atoms with van der Waals surface area (Å²) in [6.45, 7) is 3.52. The van der Waals surface area contributed by atoms with Gasteiger partial charge in [0.25, 0.3) is 0 Å². The molecule has 33 heavy (non-hydrogen) atoms. The SMILES string of the molecule is CN[C@@H]1[C@@H](O)C(O[C@@H]2[C@H](O)[C@H](O[C@H]3O[C@H]([C@@H](C)NC)CC[C@H]3N)[C@@H](N)C[C@H]2N)OC[C@]1(C)O. The standard InChI is InChI=1S/C21H43N5O7/c1-9(25-3)13-6-5-10(22)19(31-13)32-16-11(23)7-12(24)17(14(16)27)33-20-15(28)18(26-4)21(2,29)8-30-20/h9-20,25-29H,5-8,22-24H2,1-4H3/t9-,10-,11+,12-,13+,14-,15-,16-,17+,18-,19-,20?,21+/m1/s1. The molecular weight excluding hydrogens is 434 g/mol. The van der Waals surface area contributed by atoms with E-state index in [1.165, 1.54) is 0 Å². The molecule has 0 aromatic heterocycles. The van der Waals surface area contributed by atoms with E-state index >= 15 is 0 Å². The summed E-state index contributed by atoms with van der Waals surface area (Å²) in [5, 5.41) is 38.3. The number of rotatable bonds is 7. The highest BCUT2D eigenvalue weighted by Crippen LogP contribution is 2.31. The van der Waals surface area contributed by atoms with E-state index in [-0.39, 0.29) is 24.8 Å². The predicted octanol–water partition coefficient (Wildman–Crippen LogP) is -3.33. The van der Waals surface area contributed by atoms with Crippen molar-refractivity contribution in [1.29, 1.82) is 0 Å². The minimum atomic E-state index is -1.29. The van der Waals surface area contributed by atoms with Crippen LogP contribution in [0.3, 0.4) is 0 Å². The molecule has 1 unspecified atom stereocenters. The van der Waals surface area contributed by atoms with Crippen LogP contribution in [0.15, 0.2) is 0 Å². The average Bonchev–Trinajstić information content (AvgIpc) is 2.76. The number of nitrogens with two attached hydrogens (primary N) is 3. The minimum Gasteiger partial charge on any atom is -0.388 e. The zero-order chi connectivity index (χ0) is 24.5. The lowest BCUT2D eigenvalue weighted by Crippen LogP contribution is -2.68. The molecule has 0 aromatic carbocycles. The van der Waals surface area contributed by atoms with Gasteiger partial charge in [-0.15, -0.1) is 0 Å². The number of ether oxygens (including phenoxy) is 4. The van der Waals surface area contributed by atoms with Crippen molar-refractivity contribution in [2.24, 2.45) is 17.2 Å². The molecule has 1 aliphatic carbocycles. The lowest BCUT2D eigenvalue weighted by atomic mass is 9.84. The van der Waals surface area contributed by atoms with Gasteiger partial charge in [0.1, 0.15) is 30.0 Å². The third-order valence-corrected chi connectivity index (χ3v) is 7.24. The van der Waals surface area contributed by atoms with Crippen molar-refractivity contribution in [2.45, 2.75) is 112 Å². The van der Waals surface area contributed by atoms with Crippen LogP contribution in [0.5, 0.6) is 0 Å². The van der Waals surface area contributed by atoms with Crippen molar-refractivity contribution < 1.29 is 34.3 Å². The van der Waals surface area contributed by atoms with Crippen LogP contribution in [-0.2, 0) is 18.9 Å². The smallest absolute Gasteiger partial charge is 0.185 e. The van der Waals surface area contributed by atoms with E-state index in [4.69, 9.17) is 36.1 Å². The third-order valence-electron chi connectivity index (χ3n) is 7.24. The van der Waals surface area contributed by atoms with Gasteiger partial charge in [0.15, 0.2) is 12.6 Å². The van der Waals surface area contributed by atoms with Crippen molar-refractivity contribution in [3.05, 3.63) is 0 Å². The van der Waals surface area contributed by atoms with Crippen molar-refractivity contribution in [1.82, 2.24) is 10.6 Å². The van der Waals surface area contributed by atoms with Gasteiger partial charge in [0.2, 0.25) is 0 Å². The summed E-state index contributed by atoms with van der Waals surface area (Å²) >= 11 is 0. The second-order valence-electron chi connectivity index (χ2n) is 9.91. The molecule has 3 fully saturated rings.